The number of rotatable bonds is 5. The Hall–Kier alpha value is 0.558. The molecule has 0 bridgehead atoms. The van der Waals surface area contributed by atoms with Gasteiger partial charge in [0.1, 0.15) is 0 Å². The second-order valence-corrected chi connectivity index (χ2v) is 2.14. The van der Waals surface area contributed by atoms with Crippen LogP contribution in [0.5, 0.6) is 0 Å². The molecule has 0 N–H and O–H groups in total. The van der Waals surface area contributed by atoms with Crippen molar-refractivity contribution < 1.29 is 0 Å². The Morgan fingerprint density at radius 3 is 2.33 bits per heavy atom. The fourth-order valence-corrected chi connectivity index (χ4v) is 0.715. The van der Waals surface area contributed by atoms with E-state index in [1.807, 2.05) is 6.08 Å². The fraction of sp³-hybridized carbons (Fsp3) is 0.750. The molecule has 0 spiro atoms. The molecule has 0 nitrogen and oxygen atoms in total. The van der Waals surface area contributed by atoms with E-state index in [0.717, 1.165) is 0 Å². The summed E-state index contributed by atoms with van der Waals surface area (Å²) in [6.45, 7) is 5.89. The van der Waals surface area contributed by atoms with Gasteiger partial charge in [0.05, 0.1) is 0 Å². The van der Waals surface area contributed by atoms with Gasteiger partial charge in [-0.05, 0) is 12.8 Å². The monoisotopic (exact) mass is 236 g/mol. The maximum atomic E-state index is 3.66. The van der Waals surface area contributed by atoms with E-state index in [9.17, 15) is 0 Å². The molecule has 0 aliphatic rings. The molecule has 0 aromatic carbocycles. The maximum absolute atomic E-state index is 3.66. The van der Waals surface area contributed by atoms with Gasteiger partial charge in [-0.15, -0.1) is 6.58 Å². The molecule has 0 rings (SSSR count). The van der Waals surface area contributed by atoms with Crippen LogP contribution in [0, 0.1) is 0 Å². The first-order chi connectivity index (χ1) is 3.91. The van der Waals surface area contributed by atoms with Crippen molar-refractivity contribution in [2.24, 2.45) is 0 Å². The summed E-state index contributed by atoms with van der Waals surface area (Å²) in [5.41, 5.74) is 0. The van der Waals surface area contributed by atoms with Gasteiger partial charge in [-0.1, -0.05) is 32.3 Å². The van der Waals surface area contributed by atoms with Crippen LogP contribution < -0.4 is 0 Å². The van der Waals surface area contributed by atoms with Crippen LogP contribution in [0.15, 0.2) is 12.7 Å². The average Bonchev–Trinajstić information content (AvgIpc) is 1.81. The topological polar surface area (TPSA) is 0 Å². The van der Waals surface area contributed by atoms with Gasteiger partial charge < -0.3 is 0 Å². The van der Waals surface area contributed by atoms with Crippen LogP contribution in [0.4, 0.5) is 0 Å². The van der Waals surface area contributed by atoms with Crippen LogP contribution in [0.3, 0.4) is 0 Å². The molecule has 0 aromatic heterocycles. The van der Waals surface area contributed by atoms with Crippen molar-refractivity contribution in [3.8, 4) is 0 Å². The van der Waals surface area contributed by atoms with E-state index >= 15 is 0 Å². The number of unbranched alkanes of at least 4 members (excludes halogenated alkanes) is 4. The van der Waals surface area contributed by atoms with E-state index in [2.05, 4.69) is 13.5 Å². The van der Waals surface area contributed by atoms with E-state index in [4.69, 9.17) is 0 Å². The molecule has 0 unspecified atom stereocenters. The van der Waals surface area contributed by atoms with Crippen LogP contribution >= 0.6 is 0 Å². The van der Waals surface area contributed by atoms with Crippen LogP contribution in [0.1, 0.15) is 39.0 Å². The third-order valence-corrected chi connectivity index (χ3v) is 1.26. The molecular weight excluding hydrogens is 218 g/mol. The van der Waals surface area contributed by atoms with E-state index in [0.29, 0.717) is 0 Å². The summed E-state index contributed by atoms with van der Waals surface area (Å²) in [5.74, 6) is 0. The van der Waals surface area contributed by atoms with E-state index in [1.165, 1.54) is 32.1 Å². The summed E-state index contributed by atoms with van der Waals surface area (Å²) in [6, 6.07) is 0. The van der Waals surface area contributed by atoms with Crippen LogP contribution in [0.25, 0.3) is 0 Å². The molecule has 9 heavy (non-hydrogen) atoms. The van der Waals surface area contributed by atoms with Crippen molar-refractivity contribution in [1.29, 1.82) is 0 Å². The van der Waals surface area contributed by atoms with Gasteiger partial charge in [-0.2, -0.15) is 0 Å². The van der Waals surface area contributed by atoms with E-state index in [1.54, 1.807) is 0 Å². The summed E-state index contributed by atoms with van der Waals surface area (Å²) in [7, 11) is 0. The van der Waals surface area contributed by atoms with Crippen LogP contribution in [0.2, 0.25) is 0 Å². The third kappa shape index (κ3) is 11.9. The van der Waals surface area contributed by atoms with E-state index in [-0.39, 0.29) is 24.4 Å². The molecule has 0 heterocycles. The Labute approximate surface area is 76.2 Å². The SMILES string of the molecule is C=CCCCCCC.[SbH3]. The molecule has 0 amide bonds. The summed E-state index contributed by atoms with van der Waals surface area (Å²) in [5, 5.41) is 0. The molecule has 0 aliphatic carbocycles. The molecule has 0 saturated heterocycles. The Morgan fingerprint density at radius 2 is 1.89 bits per heavy atom. The van der Waals surface area contributed by atoms with Gasteiger partial charge in [0.15, 0.2) is 0 Å². The summed E-state index contributed by atoms with van der Waals surface area (Å²) in [6.07, 6.45) is 8.61. The molecule has 0 radical (unpaired) electrons. The van der Waals surface area contributed by atoms with Crippen molar-refractivity contribution in [3.05, 3.63) is 12.7 Å². The minimum absolute atomic E-state index is 0. The first kappa shape index (κ1) is 12.3. The van der Waals surface area contributed by atoms with Crippen LogP contribution in [-0.2, 0) is 0 Å². The molecule has 0 aliphatic heterocycles. The molecule has 56 valence electrons. The Balaban J connectivity index is 0. The van der Waals surface area contributed by atoms with Gasteiger partial charge >= 0.3 is 24.4 Å². The zero-order chi connectivity index (χ0) is 6.24. The van der Waals surface area contributed by atoms with Gasteiger partial charge in [0.2, 0.25) is 0 Å². The van der Waals surface area contributed by atoms with Crippen molar-refractivity contribution in [2.75, 3.05) is 0 Å². The molecule has 0 atom stereocenters. The summed E-state index contributed by atoms with van der Waals surface area (Å²) < 4.78 is 0. The Bertz CT molecular complexity index is 50.5. The molecule has 0 saturated carbocycles. The molecule has 1 heteroatoms. The second kappa shape index (κ2) is 11.4. The standard InChI is InChI=1S/C8H16.Sb.3H/c1-3-5-7-8-6-4-2;;;;/h3H,1,4-8H2,2H3;;;;. The zero-order valence-electron chi connectivity index (χ0n) is 6.53. The normalized spacial score (nSPS) is 8.11. The predicted molar refractivity (Wildman–Crippen MR) is 48.9 cm³/mol. The summed E-state index contributed by atoms with van der Waals surface area (Å²) in [4.78, 5) is 0. The Kier molecular flexibility index (Phi) is 15.5. The van der Waals surface area contributed by atoms with Gasteiger partial charge in [-0.3, -0.25) is 0 Å². The van der Waals surface area contributed by atoms with Crippen LogP contribution in [-0.4, -0.2) is 24.4 Å². The first-order valence-corrected chi connectivity index (χ1v) is 3.52. The number of hydrogen-bond donors (Lipinski definition) is 0. The Morgan fingerprint density at radius 1 is 1.22 bits per heavy atom. The van der Waals surface area contributed by atoms with Crippen molar-refractivity contribution in [3.63, 3.8) is 0 Å². The molecule has 0 aromatic rings. The number of allylic oxidation sites excluding steroid dienone is 1. The van der Waals surface area contributed by atoms with Gasteiger partial charge in [0.25, 0.3) is 0 Å². The van der Waals surface area contributed by atoms with Crippen molar-refractivity contribution in [2.45, 2.75) is 39.0 Å². The number of hydrogen-bond acceptors (Lipinski definition) is 0. The molecule has 0 fully saturated rings. The first-order valence-electron chi connectivity index (χ1n) is 3.52. The predicted octanol–water partition coefficient (Wildman–Crippen LogP) is 1.96. The van der Waals surface area contributed by atoms with Crippen molar-refractivity contribution >= 4 is 24.4 Å². The zero-order valence-corrected chi connectivity index (χ0v) is 10.6. The quantitative estimate of drug-likeness (QED) is 0.389. The minimum atomic E-state index is 0. The molecular formula is C8H19Sb. The van der Waals surface area contributed by atoms with Crippen molar-refractivity contribution in [1.82, 2.24) is 0 Å². The summed E-state index contributed by atoms with van der Waals surface area (Å²) >= 11 is 0. The fourth-order valence-electron chi connectivity index (χ4n) is 0.715. The second-order valence-electron chi connectivity index (χ2n) is 2.14. The van der Waals surface area contributed by atoms with Gasteiger partial charge in [0, 0.05) is 0 Å². The van der Waals surface area contributed by atoms with Gasteiger partial charge in [-0.25, -0.2) is 0 Å². The van der Waals surface area contributed by atoms with E-state index < -0.39 is 0 Å². The third-order valence-electron chi connectivity index (χ3n) is 1.26. The average molecular weight is 237 g/mol.